The highest BCUT2D eigenvalue weighted by atomic mass is 32.2. The van der Waals surface area contributed by atoms with Crippen LogP contribution in [0.1, 0.15) is 10.4 Å². The molecular weight excluding hydrogens is 449 g/mol. The Kier molecular flexibility index (Phi) is 6.62. The first-order valence-electron chi connectivity index (χ1n) is 9.52. The summed E-state index contributed by atoms with van der Waals surface area (Å²) in [6.07, 6.45) is 0. The van der Waals surface area contributed by atoms with Crippen molar-refractivity contribution in [2.45, 2.75) is 5.16 Å². The minimum Gasteiger partial charge on any atom is -0.325 e. The Morgan fingerprint density at radius 3 is 2.56 bits per heavy atom. The topological polar surface area (TPSA) is 88.9 Å². The molecule has 162 valence electrons. The van der Waals surface area contributed by atoms with Crippen LogP contribution in [-0.4, -0.2) is 32.3 Å². The number of carbonyl (C=O) groups is 2. The number of nitrogens with one attached hydrogen (secondary N) is 2. The summed E-state index contributed by atoms with van der Waals surface area (Å²) in [6.45, 7) is 0. The van der Waals surface area contributed by atoms with Crippen LogP contribution >= 0.6 is 23.1 Å². The highest BCUT2D eigenvalue weighted by Crippen LogP contribution is 2.26. The van der Waals surface area contributed by atoms with Gasteiger partial charge >= 0.3 is 0 Å². The maximum atomic E-state index is 13.3. The van der Waals surface area contributed by atoms with E-state index in [9.17, 15) is 14.0 Å². The first kappa shape index (κ1) is 21.7. The lowest BCUT2D eigenvalue weighted by Gasteiger charge is -2.09. The van der Waals surface area contributed by atoms with Crippen LogP contribution in [0, 0.1) is 5.82 Å². The lowest BCUT2D eigenvalue weighted by atomic mass is 10.2. The van der Waals surface area contributed by atoms with Gasteiger partial charge in [-0.1, -0.05) is 30.0 Å². The Morgan fingerprint density at radius 2 is 1.81 bits per heavy atom. The third-order valence-electron chi connectivity index (χ3n) is 4.40. The van der Waals surface area contributed by atoms with Crippen LogP contribution in [0.2, 0.25) is 0 Å². The number of benzene rings is 2. The maximum absolute atomic E-state index is 13.3. The highest BCUT2D eigenvalue weighted by molar-refractivity contribution is 7.99. The first-order valence-corrected chi connectivity index (χ1v) is 11.4. The molecule has 0 spiro atoms. The summed E-state index contributed by atoms with van der Waals surface area (Å²) in [4.78, 5) is 25.7. The zero-order valence-electron chi connectivity index (χ0n) is 16.9. The second-order valence-corrected chi connectivity index (χ2v) is 8.61. The summed E-state index contributed by atoms with van der Waals surface area (Å²) in [5.74, 6) is -0.237. The third-order valence-corrected chi connectivity index (χ3v) is 6.29. The molecule has 0 aliphatic heterocycles. The second-order valence-electron chi connectivity index (χ2n) is 6.72. The number of thiophene rings is 1. The summed E-state index contributed by atoms with van der Waals surface area (Å²) in [5.41, 5.74) is 1.23. The van der Waals surface area contributed by atoms with E-state index in [-0.39, 0.29) is 17.2 Å². The molecule has 4 aromatic rings. The summed E-state index contributed by atoms with van der Waals surface area (Å²) in [6, 6.07) is 16.1. The Balaban J connectivity index is 1.34. The van der Waals surface area contributed by atoms with Crippen LogP contribution in [0.15, 0.2) is 71.2 Å². The van der Waals surface area contributed by atoms with Crippen LogP contribution in [0.4, 0.5) is 15.8 Å². The van der Waals surface area contributed by atoms with E-state index in [4.69, 9.17) is 0 Å². The van der Waals surface area contributed by atoms with Crippen LogP contribution in [-0.2, 0) is 11.8 Å². The molecule has 2 aromatic carbocycles. The molecule has 0 atom stereocenters. The van der Waals surface area contributed by atoms with E-state index < -0.39 is 11.7 Å². The number of anilines is 2. The number of hydrogen-bond acceptors (Lipinski definition) is 6. The fraction of sp³-hybridized carbons (Fsp3) is 0.0909. The summed E-state index contributed by atoms with van der Waals surface area (Å²) < 4.78 is 15.2. The van der Waals surface area contributed by atoms with Crippen molar-refractivity contribution >= 4 is 46.3 Å². The minimum atomic E-state index is -0.485. The van der Waals surface area contributed by atoms with Crippen molar-refractivity contribution in [1.82, 2.24) is 14.8 Å². The second kappa shape index (κ2) is 9.75. The lowest BCUT2D eigenvalue weighted by molar-refractivity contribution is -0.113. The number of halogens is 1. The molecule has 0 aliphatic carbocycles. The summed E-state index contributed by atoms with van der Waals surface area (Å²) in [5, 5.41) is 16.5. The van der Waals surface area contributed by atoms with Crippen molar-refractivity contribution in [3.8, 4) is 10.7 Å². The summed E-state index contributed by atoms with van der Waals surface area (Å²) >= 11 is 2.86. The van der Waals surface area contributed by atoms with Gasteiger partial charge in [0.15, 0.2) is 11.0 Å². The third kappa shape index (κ3) is 5.21. The fourth-order valence-corrected chi connectivity index (χ4v) is 4.35. The molecule has 0 bridgehead atoms. The van der Waals surface area contributed by atoms with Gasteiger partial charge in [-0.05, 0) is 47.8 Å². The number of nitrogens with zero attached hydrogens (tertiary/aromatic N) is 3. The van der Waals surface area contributed by atoms with Gasteiger partial charge in [-0.25, -0.2) is 4.39 Å². The van der Waals surface area contributed by atoms with E-state index in [2.05, 4.69) is 20.8 Å². The zero-order valence-corrected chi connectivity index (χ0v) is 18.5. The van der Waals surface area contributed by atoms with E-state index in [0.717, 1.165) is 16.8 Å². The van der Waals surface area contributed by atoms with Gasteiger partial charge in [-0.3, -0.25) is 9.59 Å². The van der Waals surface area contributed by atoms with Crippen molar-refractivity contribution < 1.29 is 14.0 Å². The minimum absolute atomic E-state index is 0.149. The molecule has 0 radical (unpaired) electrons. The number of amides is 2. The van der Waals surface area contributed by atoms with Gasteiger partial charge in [0.2, 0.25) is 5.91 Å². The van der Waals surface area contributed by atoms with E-state index in [0.29, 0.717) is 16.5 Å². The summed E-state index contributed by atoms with van der Waals surface area (Å²) in [7, 11) is 1.86. The van der Waals surface area contributed by atoms with Crippen LogP contribution < -0.4 is 10.6 Å². The van der Waals surface area contributed by atoms with Crippen LogP contribution in [0.25, 0.3) is 10.7 Å². The number of aromatic nitrogens is 3. The Hall–Kier alpha value is -3.50. The Morgan fingerprint density at radius 1 is 1.03 bits per heavy atom. The zero-order chi connectivity index (χ0) is 22.5. The molecule has 0 saturated carbocycles. The van der Waals surface area contributed by atoms with Crippen LogP contribution in [0.3, 0.4) is 0 Å². The molecule has 4 rings (SSSR count). The lowest BCUT2D eigenvalue weighted by Crippen LogP contribution is -2.15. The maximum Gasteiger partial charge on any atom is 0.255 e. The highest BCUT2D eigenvalue weighted by Gasteiger charge is 2.14. The van der Waals surface area contributed by atoms with Gasteiger partial charge in [0.05, 0.1) is 10.6 Å². The Bertz CT molecular complexity index is 1260. The molecule has 10 heteroatoms. The van der Waals surface area contributed by atoms with Gasteiger partial charge in [-0.2, -0.15) is 0 Å². The van der Waals surface area contributed by atoms with Gasteiger partial charge < -0.3 is 15.2 Å². The SMILES string of the molecule is Cn1c(SCC(=O)Nc2cccc(NC(=O)c3cccc(F)c3)c2)nnc1-c1cccs1. The molecule has 2 N–H and O–H groups in total. The molecule has 7 nitrogen and oxygen atoms in total. The van der Waals surface area contributed by atoms with Gasteiger partial charge in [0.25, 0.3) is 5.91 Å². The monoisotopic (exact) mass is 467 g/mol. The predicted octanol–water partition coefficient (Wildman–Crippen LogP) is 4.67. The van der Waals surface area contributed by atoms with Gasteiger partial charge in [0.1, 0.15) is 5.82 Å². The molecule has 0 unspecified atom stereocenters. The largest absolute Gasteiger partial charge is 0.325 e. The number of thioether (sulfide) groups is 1. The van der Waals surface area contributed by atoms with E-state index in [1.807, 2.05) is 29.1 Å². The van der Waals surface area contributed by atoms with Crippen molar-refractivity contribution in [2.75, 3.05) is 16.4 Å². The fourth-order valence-electron chi connectivity index (χ4n) is 2.90. The van der Waals surface area contributed by atoms with E-state index in [1.165, 1.54) is 30.0 Å². The van der Waals surface area contributed by atoms with Crippen molar-refractivity contribution in [3.63, 3.8) is 0 Å². The molecule has 2 heterocycles. The quantitative estimate of drug-likeness (QED) is 0.386. The molecule has 32 heavy (non-hydrogen) atoms. The van der Waals surface area contributed by atoms with Crippen LogP contribution in [0.5, 0.6) is 0 Å². The Labute approximate surface area is 191 Å². The van der Waals surface area contributed by atoms with Gasteiger partial charge in [-0.15, -0.1) is 21.5 Å². The first-order chi connectivity index (χ1) is 15.5. The molecule has 0 saturated heterocycles. The van der Waals surface area contributed by atoms with Crippen molar-refractivity contribution in [2.24, 2.45) is 7.05 Å². The molecule has 0 fully saturated rings. The smallest absolute Gasteiger partial charge is 0.255 e. The molecular formula is C22H18FN5O2S2. The normalized spacial score (nSPS) is 10.7. The molecule has 0 aliphatic rings. The van der Waals surface area contributed by atoms with Gasteiger partial charge in [0, 0.05) is 24.0 Å². The molecule has 2 aromatic heterocycles. The number of rotatable bonds is 7. The van der Waals surface area contributed by atoms with Crippen molar-refractivity contribution in [1.29, 1.82) is 0 Å². The van der Waals surface area contributed by atoms with E-state index in [1.54, 1.807) is 35.6 Å². The average molecular weight is 468 g/mol. The predicted molar refractivity (Wildman–Crippen MR) is 124 cm³/mol. The number of hydrogen-bond donors (Lipinski definition) is 2. The number of carbonyl (C=O) groups excluding carboxylic acids is 2. The van der Waals surface area contributed by atoms with Crippen molar-refractivity contribution in [3.05, 3.63) is 77.4 Å². The van der Waals surface area contributed by atoms with E-state index >= 15 is 0 Å². The average Bonchev–Trinajstić information content (AvgIpc) is 3.42. The molecule has 2 amide bonds. The standard InChI is InChI=1S/C22H18FN5O2S2/c1-28-20(18-9-4-10-31-18)26-27-22(28)32-13-19(29)24-16-7-3-8-17(12-16)25-21(30)14-5-2-6-15(23)11-14/h2-12H,13H2,1H3,(H,24,29)(H,25,30).